The van der Waals surface area contributed by atoms with Gasteiger partial charge >= 0.3 is 6.02 Å². The van der Waals surface area contributed by atoms with Crippen LogP contribution in [0, 0.1) is 5.41 Å². The van der Waals surface area contributed by atoms with E-state index in [9.17, 15) is 9.59 Å². The molecule has 0 bridgehead atoms. The monoisotopic (exact) mass is 506 g/mol. The predicted molar refractivity (Wildman–Crippen MR) is 144 cm³/mol. The number of rotatable bonds is 9. The van der Waals surface area contributed by atoms with Crippen LogP contribution in [0.5, 0.6) is 11.5 Å². The molecule has 0 atom stereocenters. The molecule has 3 rings (SSSR count). The Kier molecular flexibility index (Phi) is 9.37. The molecule has 10 heteroatoms. The fourth-order valence-electron chi connectivity index (χ4n) is 3.83. The van der Waals surface area contributed by atoms with Crippen LogP contribution in [-0.4, -0.2) is 72.1 Å². The zero-order valence-electron chi connectivity index (χ0n) is 21.8. The molecule has 0 radical (unpaired) electrons. The topological polar surface area (TPSA) is 134 Å². The number of benzene rings is 2. The molecule has 1 aliphatic rings. The Bertz CT molecular complexity index is 1220. The summed E-state index contributed by atoms with van der Waals surface area (Å²) in [5, 5.41) is 7.76. The third-order valence-corrected chi connectivity index (χ3v) is 5.94. The Labute approximate surface area is 217 Å². The summed E-state index contributed by atoms with van der Waals surface area (Å²) in [4.78, 5) is 37.9. The summed E-state index contributed by atoms with van der Waals surface area (Å²) in [6.07, 6.45) is 0.444. The van der Waals surface area contributed by atoms with Gasteiger partial charge in [0.15, 0.2) is 0 Å². The summed E-state index contributed by atoms with van der Waals surface area (Å²) in [5.41, 5.74) is 6.93. The number of nitrogens with zero attached hydrogens (tertiary/aromatic N) is 4. The van der Waals surface area contributed by atoms with Gasteiger partial charge in [-0.1, -0.05) is 12.1 Å². The minimum Gasteiger partial charge on any atom is -0.443 e. The minimum absolute atomic E-state index is 0.0333. The summed E-state index contributed by atoms with van der Waals surface area (Å²) in [6.45, 7) is 10.4. The zero-order valence-corrected chi connectivity index (χ0v) is 21.8. The van der Waals surface area contributed by atoms with E-state index in [1.165, 1.54) is 6.07 Å². The molecule has 196 valence electrons. The SMILES string of the molecule is CCN(CC)C(=O)c1cccc(OC2=NC(Oc3cc(C(=N)N)ccc3C(=O)N(CC)CC)=NCC2)c1. The van der Waals surface area contributed by atoms with Gasteiger partial charge in [-0.3, -0.25) is 15.0 Å². The highest BCUT2D eigenvalue weighted by atomic mass is 16.5. The van der Waals surface area contributed by atoms with Crippen LogP contribution in [0.25, 0.3) is 0 Å². The number of carbonyl (C=O) groups is 2. The van der Waals surface area contributed by atoms with E-state index in [-0.39, 0.29) is 29.4 Å². The van der Waals surface area contributed by atoms with E-state index in [0.717, 1.165) is 0 Å². The molecule has 0 aliphatic carbocycles. The number of hydrogen-bond donors (Lipinski definition) is 2. The maximum Gasteiger partial charge on any atom is 0.320 e. The van der Waals surface area contributed by atoms with E-state index in [4.69, 9.17) is 20.6 Å². The van der Waals surface area contributed by atoms with Crippen LogP contribution in [0.4, 0.5) is 0 Å². The van der Waals surface area contributed by atoms with Crippen molar-refractivity contribution < 1.29 is 19.1 Å². The van der Waals surface area contributed by atoms with Crippen molar-refractivity contribution in [2.75, 3.05) is 32.7 Å². The lowest BCUT2D eigenvalue weighted by Gasteiger charge is -2.21. The molecule has 0 unspecified atom stereocenters. The first-order chi connectivity index (χ1) is 17.8. The van der Waals surface area contributed by atoms with E-state index in [2.05, 4.69) is 9.98 Å². The maximum absolute atomic E-state index is 13.1. The van der Waals surface area contributed by atoms with Crippen LogP contribution in [-0.2, 0) is 0 Å². The summed E-state index contributed by atoms with van der Waals surface area (Å²) in [7, 11) is 0. The minimum atomic E-state index is -0.207. The largest absolute Gasteiger partial charge is 0.443 e. The average molecular weight is 507 g/mol. The number of hydrogen-bond acceptors (Lipinski definition) is 7. The van der Waals surface area contributed by atoms with Gasteiger partial charge in [0.05, 0.1) is 12.1 Å². The summed E-state index contributed by atoms with van der Waals surface area (Å²) < 4.78 is 11.9. The van der Waals surface area contributed by atoms with E-state index < -0.39 is 0 Å². The Morgan fingerprint density at radius 3 is 2.24 bits per heavy atom. The number of nitrogens with one attached hydrogen (secondary N) is 1. The second-order valence-electron chi connectivity index (χ2n) is 8.23. The van der Waals surface area contributed by atoms with Gasteiger partial charge in [0.2, 0.25) is 5.90 Å². The lowest BCUT2D eigenvalue weighted by Crippen LogP contribution is -2.31. The highest BCUT2D eigenvalue weighted by molar-refractivity contribution is 6.02. The molecule has 1 aliphatic heterocycles. The first-order valence-electron chi connectivity index (χ1n) is 12.5. The highest BCUT2D eigenvalue weighted by Crippen LogP contribution is 2.24. The van der Waals surface area contributed by atoms with Gasteiger partial charge in [-0.05, 0) is 58.0 Å². The first kappa shape index (κ1) is 27.4. The number of ether oxygens (including phenoxy) is 2. The molecule has 3 N–H and O–H groups in total. The first-order valence-corrected chi connectivity index (χ1v) is 12.5. The Morgan fingerprint density at radius 2 is 1.59 bits per heavy atom. The quantitative estimate of drug-likeness (QED) is 0.396. The van der Waals surface area contributed by atoms with Crippen molar-refractivity contribution in [3.8, 4) is 11.5 Å². The fourth-order valence-corrected chi connectivity index (χ4v) is 3.83. The average Bonchev–Trinajstić information content (AvgIpc) is 2.90. The van der Waals surface area contributed by atoms with E-state index in [0.29, 0.717) is 67.5 Å². The molecule has 2 amide bonds. The van der Waals surface area contributed by atoms with Gasteiger partial charge < -0.3 is 25.0 Å². The molecule has 10 nitrogen and oxygen atoms in total. The summed E-state index contributed by atoms with van der Waals surface area (Å²) in [5.74, 6) is 0.638. The second kappa shape index (κ2) is 12.7. The van der Waals surface area contributed by atoms with Crippen molar-refractivity contribution in [1.82, 2.24) is 9.80 Å². The predicted octanol–water partition coefficient (Wildman–Crippen LogP) is 3.55. The highest BCUT2D eigenvalue weighted by Gasteiger charge is 2.22. The number of amidine groups is 2. The molecule has 2 aromatic rings. The van der Waals surface area contributed by atoms with Crippen LogP contribution in [0.1, 0.15) is 60.4 Å². The van der Waals surface area contributed by atoms with E-state index in [1.807, 2.05) is 27.7 Å². The molecule has 0 saturated carbocycles. The number of nitrogen functional groups attached to an aromatic ring is 1. The van der Waals surface area contributed by atoms with Gasteiger partial charge in [-0.15, -0.1) is 0 Å². The normalized spacial score (nSPS) is 12.8. The molecule has 0 spiro atoms. The Morgan fingerprint density at radius 1 is 0.919 bits per heavy atom. The van der Waals surface area contributed by atoms with Crippen molar-refractivity contribution in [3.05, 3.63) is 59.2 Å². The van der Waals surface area contributed by atoms with Gasteiger partial charge in [-0.25, -0.2) is 4.99 Å². The Balaban J connectivity index is 1.84. The number of nitrogens with two attached hydrogens (primary N) is 1. The molecular weight excluding hydrogens is 472 g/mol. The van der Waals surface area contributed by atoms with Gasteiger partial charge in [0.1, 0.15) is 17.3 Å². The van der Waals surface area contributed by atoms with E-state index >= 15 is 0 Å². The van der Waals surface area contributed by atoms with Crippen molar-refractivity contribution in [3.63, 3.8) is 0 Å². The van der Waals surface area contributed by atoms with Crippen molar-refractivity contribution in [1.29, 1.82) is 5.41 Å². The molecule has 0 fully saturated rings. The lowest BCUT2D eigenvalue weighted by atomic mass is 10.1. The van der Waals surface area contributed by atoms with Crippen molar-refractivity contribution in [2.45, 2.75) is 34.1 Å². The van der Waals surface area contributed by atoms with Crippen molar-refractivity contribution >= 4 is 29.6 Å². The van der Waals surface area contributed by atoms with Crippen LogP contribution >= 0.6 is 0 Å². The van der Waals surface area contributed by atoms with Gasteiger partial charge in [0, 0.05) is 43.7 Å². The summed E-state index contributed by atoms with van der Waals surface area (Å²) in [6, 6.07) is 11.7. The zero-order chi connectivity index (χ0) is 26.9. The van der Waals surface area contributed by atoms with Crippen LogP contribution in [0.3, 0.4) is 0 Å². The van der Waals surface area contributed by atoms with E-state index in [1.54, 1.807) is 46.2 Å². The Hall–Kier alpha value is -4.21. The van der Waals surface area contributed by atoms with Crippen LogP contribution in [0.2, 0.25) is 0 Å². The smallest absolute Gasteiger partial charge is 0.320 e. The van der Waals surface area contributed by atoms with Crippen LogP contribution in [0.15, 0.2) is 52.4 Å². The fraction of sp³-hybridized carbons (Fsp3) is 0.370. The number of aliphatic imine (C=N–C) groups is 2. The van der Waals surface area contributed by atoms with Gasteiger partial charge in [-0.2, -0.15) is 4.99 Å². The lowest BCUT2D eigenvalue weighted by molar-refractivity contribution is 0.0763. The van der Waals surface area contributed by atoms with Crippen molar-refractivity contribution in [2.24, 2.45) is 15.7 Å². The second-order valence-corrected chi connectivity index (χ2v) is 8.23. The van der Waals surface area contributed by atoms with Gasteiger partial charge in [0.25, 0.3) is 11.8 Å². The molecule has 2 aromatic carbocycles. The molecule has 0 aromatic heterocycles. The molecule has 0 saturated heterocycles. The van der Waals surface area contributed by atoms with Crippen LogP contribution < -0.4 is 15.2 Å². The standard InChI is InChI=1S/C27H34N6O4/c1-5-32(6-2)25(34)19-10-9-11-20(16-19)36-23-14-15-30-27(31-23)37-22-17-18(24(28)29)12-13-21(22)26(35)33(7-3)8-4/h9-13,16-17H,5-8,14-15H2,1-4H3,(H3,28,29). The number of amides is 2. The molecule has 37 heavy (non-hydrogen) atoms. The molecular formula is C27H34N6O4. The third-order valence-electron chi connectivity index (χ3n) is 5.94. The molecule has 1 heterocycles. The summed E-state index contributed by atoms with van der Waals surface area (Å²) >= 11 is 0. The third kappa shape index (κ3) is 6.72. The maximum atomic E-state index is 13.1. The number of carbonyl (C=O) groups excluding carboxylic acids is 2.